The first-order valence-electron chi connectivity index (χ1n) is 33.1. The van der Waals surface area contributed by atoms with Gasteiger partial charge in [-0.3, -0.25) is 81.5 Å². The topological polar surface area (TPSA) is 707 Å². The van der Waals surface area contributed by atoms with E-state index in [1.54, 1.807) is 20.1 Å². The minimum atomic E-state index is -2.03. The lowest BCUT2D eigenvalue weighted by Crippen LogP contribution is -2.61. The number of aliphatic carboxylic acids is 2. The molecule has 43 nitrogen and oxygen atoms in total. The van der Waals surface area contributed by atoms with Crippen LogP contribution in [0.3, 0.4) is 0 Å². The van der Waals surface area contributed by atoms with E-state index in [4.69, 9.17) is 17.2 Å². The predicted octanol–water partition coefficient (Wildman–Crippen LogP) is -12.1. The van der Waals surface area contributed by atoms with Crippen LogP contribution >= 0.6 is 11.8 Å². The molecule has 0 aromatic heterocycles. The van der Waals surface area contributed by atoms with Gasteiger partial charge in [-0.15, -0.1) is 0 Å². The molecule has 1 aliphatic heterocycles. The number of benzene rings is 1. The van der Waals surface area contributed by atoms with E-state index in [1.807, 2.05) is 10.6 Å². The fourth-order valence-corrected chi connectivity index (χ4v) is 10.5. The Kier molecular flexibility index (Phi) is 39.6. The molecule has 0 aliphatic carbocycles. The molecule has 0 spiro atoms. The number of phenols is 1. The van der Waals surface area contributed by atoms with Gasteiger partial charge in [0, 0.05) is 13.0 Å². The van der Waals surface area contributed by atoms with E-state index in [0.29, 0.717) is 5.56 Å². The Morgan fingerprint density at radius 3 is 1.37 bits per heavy atom. The first-order valence-corrected chi connectivity index (χ1v) is 34.5. The number of nitrogens with two attached hydrogens (primary N) is 3. The summed E-state index contributed by atoms with van der Waals surface area (Å²) in [7, 11) is 0. The van der Waals surface area contributed by atoms with Crippen molar-refractivity contribution in [3.63, 3.8) is 0 Å². The van der Waals surface area contributed by atoms with Gasteiger partial charge < -0.3 is 132 Å². The Morgan fingerprint density at radius 2 is 0.925 bits per heavy atom. The van der Waals surface area contributed by atoms with Gasteiger partial charge >= 0.3 is 11.9 Å². The third-order valence-corrected chi connectivity index (χ3v) is 16.4. The third kappa shape index (κ3) is 31.1. The summed E-state index contributed by atoms with van der Waals surface area (Å²) in [6, 6.07) is -18.3. The van der Waals surface area contributed by atoms with E-state index in [2.05, 4.69) is 58.5 Å². The monoisotopic (exact) mass is 1530 g/mol. The Hall–Kier alpha value is -10.4. The number of phenolic OH excluding ortho intramolecular Hbond substituents is 1. The van der Waals surface area contributed by atoms with Gasteiger partial charge in [0.05, 0.1) is 58.8 Å². The second kappa shape index (κ2) is 45.7. The number of nitrogens with one attached hydrogen (secondary N) is 13. The van der Waals surface area contributed by atoms with Crippen molar-refractivity contribution in [1.29, 1.82) is 0 Å². The maximum Gasteiger partial charge on any atom is 0.326 e. The molecule has 14 atom stereocenters. The summed E-state index contributed by atoms with van der Waals surface area (Å²) in [5.74, 6) is -22.5. The molecule has 1 fully saturated rings. The average Bonchev–Trinajstić information content (AvgIpc) is 1.63. The van der Waals surface area contributed by atoms with Crippen LogP contribution < -0.4 is 86.3 Å². The molecule has 27 N–H and O–H groups in total. The fraction of sp³-hybridized carbons (Fsp3) is 0.613. The van der Waals surface area contributed by atoms with Crippen LogP contribution in [0.4, 0.5) is 0 Å². The van der Waals surface area contributed by atoms with E-state index in [0.717, 1.165) is 4.90 Å². The largest absolute Gasteiger partial charge is 0.508 e. The number of aromatic hydroxyl groups is 1. The zero-order valence-electron chi connectivity index (χ0n) is 58.9. The Bertz CT molecular complexity index is 3300. The first kappa shape index (κ1) is 91.7. The molecule has 1 aromatic carbocycles. The zero-order chi connectivity index (χ0) is 80.4. The molecule has 44 heteroatoms. The lowest BCUT2D eigenvalue weighted by atomic mass is 10.0. The molecule has 16 amide bonds. The number of hydrogen-bond acceptors (Lipinski definition) is 26. The Labute approximate surface area is 610 Å². The van der Waals surface area contributed by atoms with Gasteiger partial charge in [0.2, 0.25) is 94.5 Å². The number of aliphatic hydroxyl groups excluding tert-OH is 5. The van der Waals surface area contributed by atoms with Crippen LogP contribution in [0.1, 0.15) is 85.1 Å². The van der Waals surface area contributed by atoms with Crippen molar-refractivity contribution in [3.05, 3.63) is 29.8 Å². The molecular formula is C62H97N17O26S. The maximum absolute atomic E-state index is 13.9. The Balaban J connectivity index is 2.14. The van der Waals surface area contributed by atoms with Gasteiger partial charge in [-0.2, -0.15) is 11.8 Å². The summed E-state index contributed by atoms with van der Waals surface area (Å²) in [6.07, 6.45) is -1.82. The number of carboxylic acid groups (broad SMARTS) is 2. The minimum Gasteiger partial charge on any atom is -0.508 e. The van der Waals surface area contributed by atoms with Gasteiger partial charge in [-0.1, -0.05) is 39.8 Å². The summed E-state index contributed by atoms with van der Waals surface area (Å²) in [5, 5.41) is 108. The van der Waals surface area contributed by atoms with E-state index in [9.17, 15) is 127 Å². The normalized spacial score (nSPS) is 16.2. The molecule has 1 aromatic rings. The summed E-state index contributed by atoms with van der Waals surface area (Å²) >= 11 is 1.21. The van der Waals surface area contributed by atoms with Crippen LogP contribution in [0, 0.1) is 11.8 Å². The summed E-state index contributed by atoms with van der Waals surface area (Å²) in [6.45, 7) is 1.12. The number of nitrogens with zero attached hydrogens (tertiary/aromatic N) is 1. The smallest absolute Gasteiger partial charge is 0.326 e. The van der Waals surface area contributed by atoms with Crippen LogP contribution in [0.5, 0.6) is 5.75 Å². The predicted molar refractivity (Wildman–Crippen MR) is 367 cm³/mol. The number of thioether (sulfide) groups is 1. The molecule has 1 saturated heterocycles. The van der Waals surface area contributed by atoms with Crippen molar-refractivity contribution < 1.29 is 127 Å². The van der Waals surface area contributed by atoms with Gasteiger partial charge in [0.15, 0.2) is 0 Å². The molecule has 592 valence electrons. The number of amides is 16. The van der Waals surface area contributed by atoms with Crippen molar-refractivity contribution in [2.24, 2.45) is 29.0 Å². The van der Waals surface area contributed by atoms with Crippen molar-refractivity contribution in [3.8, 4) is 5.75 Å². The number of hydrogen-bond donors (Lipinski definition) is 24. The SMILES string of the molecule is CSCC[C@H](NC(=O)[C@H](CO)NC(=O)[C@H](CC(N)=O)NC(=O)[C@H](CC(C)C)NC(=O)[C@H](CC(=O)O)NC(=O)[C@H](CC(N)=O)NC(=O)[C@@H](N)CO)C(=O)N[C@@H](C)C(=O)NCC(=O)N[C@@H](CO)C(=O)N1CCC[C@H]1C(=O)N[C@H](C(=O)N[C@@H](CO)C(=O)N[C@@H](CO)C(=O)N[C@@H](Cc1ccc(O)cc1)C(=O)O)C(C)C. The number of primary amides is 2. The number of carbonyl (C=O) groups excluding carboxylic acids is 16. The van der Waals surface area contributed by atoms with Gasteiger partial charge in [0.25, 0.3) is 0 Å². The standard InChI is InChI=1S/C62H97N17O26S/c1-27(2)16-34(71-55(97)37(20-47(89)90)73-53(95)35(18-44(64)86)70-50(92)32(63)22-80)52(94)72-36(19-45(65)87)54(96)75-39(23-81)56(98)69-33(13-15-106-6)51(93)67-29(5)49(91)66-21-46(88)68-42(26-84)61(103)79-14-7-8-43(79)59(101)78-48(28(3)4)60(102)77-41(25-83)58(100)76-40(24-82)57(99)74-38(62(104)105)17-30-9-11-31(85)12-10-30/h9-12,27-29,32-43,48,80-85H,7-8,13-26,63H2,1-6H3,(H2,64,86)(H2,65,87)(H,66,91)(H,67,93)(H,68,88)(H,69,98)(H,70,92)(H,71,97)(H,72,94)(H,73,95)(H,74,99)(H,75,96)(H,76,100)(H,77,102)(H,78,101)(H,89,90)(H,104,105)/t29-,32-,33-,34-,35-,36-,37-,38-,39-,40-,41-,42-,43-,48-/m0/s1. The molecular weight excluding hydrogens is 1430 g/mol. The number of carboxylic acids is 2. The highest BCUT2D eigenvalue weighted by molar-refractivity contribution is 7.98. The van der Waals surface area contributed by atoms with E-state index in [-0.39, 0.29) is 50.2 Å². The van der Waals surface area contributed by atoms with E-state index < -0.39 is 262 Å². The molecule has 0 saturated carbocycles. The molecule has 0 radical (unpaired) electrons. The van der Waals surface area contributed by atoms with Gasteiger partial charge in [-0.05, 0) is 74.1 Å². The van der Waals surface area contributed by atoms with Crippen LogP contribution in [0.2, 0.25) is 0 Å². The summed E-state index contributed by atoms with van der Waals surface area (Å²) < 4.78 is 0. The summed E-state index contributed by atoms with van der Waals surface area (Å²) in [4.78, 5) is 237. The molecule has 106 heavy (non-hydrogen) atoms. The quantitative estimate of drug-likeness (QED) is 0.0288. The highest BCUT2D eigenvalue weighted by Crippen LogP contribution is 2.20. The lowest BCUT2D eigenvalue weighted by molar-refractivity contribution is -0.143. The van der Waals surface area contributed by atoms with Crippen molar-refractivity contribution in [2.75, 3.05) is 58.1 Å². The number of carbonyl (C=O) groups is 18. The highest BCUT2D eigenvalue weighted by atomic mass is 32.2. The summed E-state index contributed by atoms with van der Waals surface area (Å²) in [5.41, 5.74) is 16.5. The fourth-order valence-electron chi connectivity index (χ4n) is 10.0. The van der Waals surface area contributed by atoms with Crippen molar-refractivity contribution >= 4 is 118 Å². The zero-order valence-corrected chi connectivity index (χ0v) is 59.7. The number of aliphatic hydroxyl groups is 5. The van der Waals surface area contributed by atoms with Crippen LogP contribution in [-0.4, -0.2) is 295 Å². The van der Waals surface area contributed by atoms with Crippen molar-refractivity contribution in [1.82, 2.24) is 74.0 Å². The minimum absolute atomic E-state index is 0.0178. The number of likely N-dealkylation sites (tertiary alicyclic amines) is 1. The molecule has 0 bridgehead atoms. The van der Waals surface area contributed by atoms with Gasteiger partial charge in [-0.25, -0.2) is 4.79 Å². The lowest BCUT2D eigenvalue weighted by Gasteiger charge is -2.30. The van der Waals surface area contributed by atoms with Gasteiger partial charge in [0.1, 0.15) is 90.3 Å². The average molecular weight is 1530 g/mol. The second-order valence-corrected chi connectivity index (χ2v) is 26.1. The van der Waals surface area contributed by atoms with Crippen LogP contribution in [0.25, 0.3) is 0 Å². The second-order valence-electron chi connectivity index (χ2n) is 25.1. The third-order valence-electron chi connectivity index (χ3n) is 15.7. The molecule has 1 aliphatic rings. The molecule has 1 heterocycles. The van der Waals surface area contributed by atoms with Crippen LogP contribution in [-0.2, 0) is 92.7 Å². The van der Waals surface area contributed by atoms with E-state index in [1.165, 1.54) is 56.8 Å². The maximum atomic E-state index is 13.9. The first-order chi connectivity index (χ1) is 49.7. The van der Waals surface area contributed by atoms with Crippen LogP contribution in [0.15, 0.2) is 24.3 Å². The van der Waals surface area contributed by atoms with Crippen molar-refractivity contribution in [2.45, 2.75) is 171 Å². The molecule has 0 unspecified atom stereocenters. The highest BCUT2D eigenvalue weighted by Gasteiger charge is 2.42. The van der Waals surface area contributed by atoms with E-state index >= 15 is 0 Å². The Morgan fingerprint density at radius 1 is 0.500 bits per heavy atom. The number of rotatable bonds is 47. The molecule has 2 rings (SSSR count).